The van der Waals surface area contributed by atoms with Gasteiger partial charge < -0.3 is 14.6 Å². The summed E-state index contributed by atoms with van der Waals surface area (Å²) in [5.74, 6) is 0.990. The Kier molecular flexibility index (Phi) is 3.68. The molecule has 2 aromatic heterocycles. The van der Waals surface area contributed by atoms with Crippen LogP contribution in [0.15, 0.2) is 12.4 Å². The van der Waals surface area contributed by atoms with Gasteiger partial charge in [0.25, 0.3) is 0 Å². The van der Waals surface area contributed by atoms with Crippen LogP contribution in [0.4, 0.5) is 5.13 Å². The van der Waals surface area contributed by atoms with E-state index in [1.807, 2.05) is 36.7 Å². The molecule has 0 aliphatic rings. The van der Waals surface area contributed by atoms with Crippen LogP contribution in [0.5, 0.6) is 0 Å². The van der Waals surface area contributed by atoms with Crippen molar-refractivity contribution < 1.29 is 5.11 Å². The second-order valence-corrected chi connectivity index (χ2v) is 5.44. The number of aryl methyl sites for hydroxylation is 2. The fraction of sp³-hybridized carbons (Fsp3) is 0.500. The number of anilines is 1. The van der Waals surface area contributed by atoms with Crippen LogP contribution in [-0.4, -0.2) is 26.7 Å². The van der Waals surface area contributed by atoms with Crippen molar-refractivity contribution in [3.05, 3.63) is 28.8 Å². The second-order valence-electron chi connectivity index (χ2n) is 4.43. The van der Waals surface area contributed by atoms with E-state index in [-0.39, 0.29) is 0 Å². The Morgan fingerprint density at radius 1 is 1.56 bits per heavy atom. The molecule has 0 aliphatic heterocycles. The summed E-state index contributed by atoms with van der Waals surface area (Å²) in [6.45, 7) is 4.40. The Morgan fingerprint density at radius 3 is 2.78 bits per heavy atom. The van der Waals surface area contributed by atoms with E-state index in [4.69, 9.17) is 0 Å². The van der Waals surface area contributed by atoms with Crippen LogP contribution in [-0.2, 0) is 13.6 Å². The van der Waals surface area contributed by atoms with Crippen molar-refractivity contribution in [1.82, 2.24) is 14.5 Å². The van der Waals surface area contributed by atoms with Crippen LogP contribution in [0.3, 0.4) is 0 Å². The molecular weight excluding hydrogens is 248 g/mol. The van der Waals surface area contributed by atoms with E-state index >= 15 is 0 Å². The third-order valence-corrected chi connectivity index (χ3v) is 4.27. The molecule has 6 heteroatoms. The summed E-state index contributed by atoms with van der Waals surface area (Å²) in [6.07, 6.45) is 3.26. The molecule has 18 heavy (non-hydrogen) atoms. The van der Waals surface area contributed by atoms with E-state index in [9.17, 15) is 5.11 Å². The van der Waals surface area contributed by atoms with Crippen molar-refractivity contribution in [3.8, 4) is 0 Å². The number of hydrogen-bond donors (Lipinski definition) is 1. The van der Waals surface area contributed by atoms with Crippen LogP contribution in [0.1, 0.15) is 29.4 Å². The Bertz CT molecular complexity index is 532. The maximum atomic E-state index is 9.64. The molecule has 5 nitrogen and oxygen atoms in total. The molecule has 98 valence electrons. The van der Waals surface area contributed by atoms with E-state index in [2.05, 4.69) is 9.97 Å². The Hall–Kier alpha value is -1.40. The molecule has 2 rings (SSSR count). The molecule has 2 aromatic rings. The highest BCUT2D eigenvalue weighted by Crippen LogP contribution is 2.30. The van der Waals surface area contributed by atoms with Crippen LogP contribution >= 0.6 is 11.3 Å². The van der Waals surface area contributed by atoms with Crippen LogP contribution in [0.2, 0.25) is 0 Å². The van der Waals surface area contributed by atoms with Gasteiger partial charge in [-0.25, -0.2) is 9.97 Å². The molecule has 0 saturated heterocycles. The first-order chi connectivity index (χ1) is 8.49. The van der Waals surface area contributed by atoms with E-state index in [1.54, 1.807) is 13.1 Å². The fourth-order valence-corrected chi connectivity index (χ4v) is 2.74. The first-order valence-electron chi connectivity index (χ1n) is 5.81. The summed E-state index contributed by atoms with van der Waals surface area (Å²) in [7, 11) is 3.96. The molecule has 0 saturated carbocycles. The molecule has 0 spiro atoms. The lowest BCUT2D eigenvalue weighted by Crippen LogP contribution is -2.18. The van der Waals surface area contributed by atoms with Gasteiger partial charge in [-0.05, 0) is 13.8 Å². The summed E-state index contributed by atoms with van der Waals surface area (Å²) in [5, 5.41) is 10.5. The zero-order valence-corrected chi connectivity index (χ0v) is 11.9. The van der Waals surface area contributed by atoms with Gasteiger partial charge in [-0.1, -0.05) is 11.3 Å². The van der Waals surface area contributed by atoms with Crippen molar-refractivity contribution in [2.24, 2.45) is 7.05 Å². The van der Waals surface area contributed by atoms with Gasteiger partial charge in [0.1, 0.15) is 5.82 Å². The average Bonchev–Trinajstić information content (AvgIpc) is 2.86. The topological polar surface area (TPSA) is 54.2 Å². The van der Waals surface area contributed by atoms with Gasteiger partial charge in [-0.3, -0.25) is 0 Å². The molecule has 0 bridgehead atoms. The zero-order chi connectivity index (χ0) is 13.3. The Balaban J connectivity index is 2.16. The standard InChI is InChI=1S/C12H18N4OS/c1-8-11(9(2)17)18-12(14-8)16(4)7-10-13-5-6-15(10)3/h5-6,9,17H,7H2,1-4H3. The first-order valence-corrected chi connectivity index (χ1v) is 6.63. The molecule has 1 unspecified atom stereocenters. The summed E-state index contributed by atoms with van der Waals surface area (Å²) in [4.78, 5) is 11.8. The number of hydrogen-bond acceptors (Lipinski definition) is 5. The molecule has 1 N–H and O–H groups in total. The Morgan fingerprint density at radius 2 is 2.28 bits per heavy atom. The van der Waals surface area contributed by atoms with Crippen molar-refractivity contribution >= 4 is 16.5 Å². The lowest BCUT2D eigenvalue weighted by atomic mass is 10.3. The molecule has 0 fully saturated rings. The first kappa shape index (κ1) is 13.0. The maximum absolute atomic E-state index is 9.64. The second kappa shape index (κ2) is 5.07. The van der Waals surface area contributed by atoms with Gasteiger partial charge >= 0.3 is 0 Å². The zero-order valence-electron chi connectivity index (χ0n) is 11.1. The number of thiazole rings is 1. The van der Waals surface area contributed by atoms with Crippen molar-refractivity contribution in [3.63, 3.8) is 0 Å². The lowest BCUT2D eigenvalue weighted by molar-refractivity contribution is 0.202. The largest absolute Gasteiger partial charge is 0.388 e. The summed E-state index contributed by atoms with van der Waals surface area (Å²) in [5.41, 5.74) is 0.900. The van der Waals surface area contributed by atoms with Crippen LogP contribution in [0.25, 0.3) is 0 Å². The van der Waals surface area contributed by atoms with Gasteiger partial charge in [0, 0.05) is 26.5 Å². The van der Waals surface area contributed by atoms with Crippen LogP contribution in [0, 0.1) is 6.92 Å². The van der Waals surface area contributed by atoms with E-state index in [0.29, 0.717) is 6.54 Å². The lowest BCUT2D eigenvalue weighted by Gasteiger charge is -2.15. The minimum absolute atomic E-state index is 0.460. The fourth-order valence-electron chi connectivity index (χ4n) is 1.77. The molecular formula is C12H18N4OS. The molecule has 0 aromatic carbocycles. The average molecular weight is 266 g/mol. The third kappa shape index (κ3) is 2.54. The highest BCUT2D eigenvalue weighted by Gasteiger charge is 2.15. The van der Waals surface area contributed by atoms with Crippen molar-refractivity contribution in [1.29, 1.82) is 0 Å². The Labute approximate surface area is 111 Å². The molecule has 0 amide bonds. The SMILES string of the molecule is Cc1nc(N(C)Cc2nccn2C)sc1C(C)O. The highest BCUT2D eigenvalue weighted by molar-refractivity contribution is 7.15. The highest BCUT2D eigenvalue weighted by atomic mass is 32.1. The number of rotatable bonds is 4. The number of aromatic nitrogens is 3. The van der Waals surface area contributed by atoms with E-state index in [1.165, 1.54) is 11.3 Å². The smallest absolute Gasteiger partial charge is 0.186 e. The number of aliphatic hydroxyl groups is 1. The summed E-state index contributed by atoms with van der Waals surface area (Å²) >= 11 is 1.53. The van der Waals surface area contributed by atoms with Gasteiger partial charge in [0.2, 0.25) is 0 Å². The van der Waals surface area contributed by atoms with E-state index < -0.39 is 6.10 Å². The monoisotopic (exact) mass is 266 g/mol. The number of aliphatic hydroxyl groups excluding tert-OH is 1. The maximum Gasteiger partial charge on any atom is 0.186 e. The van der Waals surface area contributed by atoms with Gasteiger partial charge in [0.05, 0.1) is 23.2 Å². The summed E-state index contributed by atoms with van der Waals surface area (Å²) < 4.78 is 1.99. The predicted octanol–water partition coefficient (Wildman–Crippen LogP) is 1.87. The van der Waals surface area contributed by atoms with E-state index in [0.717, 1.165) is 21.5 Å². The van der Waals surface area contributed by atoms with Gasteiger partial charge in [-0.2, -0.15) is 0 Å². The predicted molar refractivity (Wildman–Crippen MR) is 72.8 cm³/mol. The molecule has 1 atom stereocenters. The molecule has 0 radical (unpaired) electrons. The summed E-state index contributed by atoms with van der Waals surface area (Å²) in [6, 6.07) is 0. The molecule has 2 heterocycles. The normalized spacial score (nSPS) is 12.7. The van der Waals surface area contributed by atoms with Gasteiger partial charge in [0.15, 0.2) is 5.13 Å². The molecule has 0 aliphatic carbocycles. The minimum atomic E-state index is -0.460. The van der Waals surface area contributed by atoms with Gasteiger partial charge in [-0.15, -0.1) is 0 Å². The minimum Gasteiger partial charge on any atom is -0.388 e. The number of nitrogens with zero attached hydrogens (tertiary/aromatic N) is 4. The quantitative estimate of drug-likeness (QED) is 0.918. The van der Waals surface area contributed by atoms with Crippen LogP contribution < -0.4 is 4.90 Å². The van der Waals surface area contributed by atoms with Crippen molar-refractivity contribution in [2.45, 2.75) is 26.5 Å². The number of imidazole rings is 1. The van der Waals surface area contributed by atoms with Crippen molar-refractivity contribution in [2.75, 3.05) is 11.9 Å². The third-order valence-electron chi connectivity index (χ3n) is 2.83.